The van der Waals surface area contributed by atoms with Gasteiger partial charge in [0.05, 0.1) is 0 Å². The van der Waals surface area contributed by atoms with Gasteiger partial charge in [0.15, 0.2) is 0 Å². The van der Waals surface area contributed by atoms with Crippen LogP contribution < -0.4 is 5.14 Å². The molecule has 0 spiro atoms. The number of benzene rings is 1. The van der Waals surface area contributed by atoms with Crippen molar-refractivity contribution in [2.45, 2.75) is 13.3 Å². The summed E-state index contributed by atoms with van der Waals surface area (Å²) in [4.78, 5) is 0. The topological polar surface area (TPSA) is 60.2 Å². The SMILES string of the molecule is CCC(=CS(N)(=O)=O)c1ccc(Cl)cc1. The smallest absolute Gasteiger partial charge is 0.225 e. The number of sulfonamides is 1. The monoisotopic (exact) mass is 245 g/mol. The Morgan fingerprint density at radius 1 is 1.40 bits per heavy atom. The van der Waals surface area contributed by atoms with Gasteiger partial charge in [0.25, 0.3) is 0 Å². The second-order valence-electron chi connectivity index (χ2n) is 3.09. The van der Waals surface area contributed by atoms with Crippen molar-refractivity contribution in [1.82, 2.24) is 0 Å². The Kier molecular flexibility index (Phi) is 3.90. The van der Waals surface area contributed by atoms with Gasteiger partial charge >= 0.3 is 0 Å². The molecule has 0 saturated carbocycles. The number of rotatable bonds is 3. The summed E-state index contributed by atoms with van der Waals surface area (Å²) in [6, 6.07) is 6.96. The molecule has 0 bridgehead atoms. The molecule has 0 aliphatic heterocycles. The third-order valence-corrected chi connectivity index (χ3v) is 2.77. The summed E-state index contributed by atoms with van der Waals surface area (Å²) in [6.45, 7) is 1.87. The third kappa shape index (κ3) is 4.03. The zero-order valence-electron chi connectivity index (χ0n) is 8.27. The summed E-state index contributed by atoms with van der Waals surface area (Å²) in [5, 5.41) is 6.64. The average molecular weight is 246 g/mol. The molecule has 82 valence electrons. The Labute approximate surface area is 94.6 Å². The predicted octanol–water partition coefficient (Wildman–Crippen LogP) is 2.38. The molecule has 0 saturated heterocycles. The van der Waals surface area contributed by atoms with E-state index in [9.17, 15) is 8.42 Å². The molecule has 0 aliphatic rings. The molecule has 0 heterocycles. The van der Waals surface area contributed by atoms with Crippen molar-refractivity contribution >= 4 is 27.2 Å². The highest BCUT2D eigenvalue weighted by atomic mass is 35.5. The third-order valence-electron chi connectivity index (χ3n) is 1.90. The molecule has 3 nitrogen and oxygen atoms in total. The van der Waals surface area contributed by atoms with Gasteiger partial charge in [-0.2, -0.15) is 0 Å². The van der Waals surface area contributed by atoms with Crippen LogP contribution in [0.5, 0.6) is 0 Å². The molecule has 0 atom stereocenters. The fraction of sp³-hybridized carbons (Fsp3) is 0.200. The highest BCUT2D eigenvalue weighted by molar-refractivity contribution is 7.92. The maximum Gasteiger partial charge on any atom is 0.231 e. The van der Waals surface area contributed by atoms with Crippen LogP contribution in [0.4, 0.5) is 0 Å². The molecule has 0 unspecified atom stereocenters. The fourth-order valence-corrected chi connectivity index (χ4v) is 2.04. The normalized spacial score (nSPS) is 12.9. The van der Waals surface area contributed by atoms with E-state index in [0.29, 0.717) is 17.0 Å². The molecule has 0 radical (unpaired) electrons. The minimum Gasteiger partial charge on any atom is -0.225 e. The second-order valence-corrected chi connectivity index (χ2v) is 4.94. The number of hydrogen-bond acceptors (Lipinski definition) is 2. The van der Waals surface area contributed by atoms with Crippen LogP contribution in [0.3, 0.4) is 0 Å². The van der Waals surface area contributed by atoms with E-state index in [4.69, 9.17) is 16.7 Å². The van der Waals surface area contributed by atoms with Gasteiger partial charge in [-0.25, -0.2) is 13.6 Å². The summed E-state index contributed by atoms with van der Waals surface area (Å²) in [5.74, 6) is 0. The maximum atomic E-state index is 10.9. The zero-order valence-corrected chi connectivity index (χ0v) is 9.85. The van der Waals surface area contributed by atoms with Crippen LogP contribution in [0, 0.1) is 0 Å². The Morgan fingerprint density at radius 3 is 2.33 bits per heavy atom. The minimum atomic E-state index is -3.59. The molecule has 15 heavy (non-hydrogen) atoms. The Balaban J connectivity index is 3.14. The number of nitrogens with two attached hydrogens (primary N) is 1. The zero-order chi connectivity index (χ0) is 11.5. The van der Waals surface area contributed by atoms with Crippen LogP contribution >= 0.6 is 11.6 Å². The van der Waals surface area contributed by atoms with E-state index < -0.39 is 10.0 Å². The van der Waals surface area contributed by atoms with E-state index in [-0.39, 0.29) is 0 Å². The highest BCUT2D eigenvalue weighted by Gasteiger charge is 2.04. The summed E-state index contributed by atoms with van der Waals surface area (Å²) in [5.41, 5.74) is 1.49. The van der Waals surface area contributed by atoms with E-state index in [2.05, 4.69) is 0 Å². The lowest BCUT2D eigenvalue weighted by Crippen LogP contribution is -2.08. The van der Waals surface area contributed by atoms with Crippen molar-refractivity contribution in [1.29, 1.82) is 0 Å². The Bertz CT molecular complexity index is 463. The van der Waals surface area contributed by atoms with Crippen molar-refractivity contribution in [2.75, 3.05) is 0 Å². The van der Waals surface area contributed by atoms with Crippen molar-refractivity contribution < 1.29 is 8.42 Å². The van der Waals surface area contributed by atoms with Crippen LogP contribution in [-0.2, 0) is 10.0 Å². The van der Waals surface area contributed by atoms with Gasteiger partial charge in [-0.15, -0.1) is 0 Å². The molecule has 2 N–H and O–H groups in total. The standard InChI is InChI=1S/C10H12ClNO2S/c1-2-8(7-15(12,13)14)9-3-5-10(11)6-4-9/h3-7H,2H2,1H3,(H2,12,13,14). The molecular weight excluding hydrogens is 234 g/mol. The summed E-state index contributed by atoms with van der Waals surface area (Å²) < 4.78 is 21.8. The van der Waals surface area contributed by atoms with Crippen molar-refractivity contribution in [3.05, 3.63) is 40.3 Å². The Morgan fingerprint density at radius 2 is 1.93 bits per heavy atom. The molecule has 0 aromatic heterocycles. The van der Waals surface area contributed by atoms with Crippen LogP contribution in [-0.4, -0.2) is 8.42 Å². The molecule has 1 rings (SSSR count). The lowest BCUT2D eigenvalue weighted by Gasteiger charge is -2.04. The first-order valence-electron chi connectivity index (χ1n) is 4.41. The van der Waals surface area contributed by atoms with E-state index in [0.717, 1.165) is 11.0 Å². The lowest BCUT2D eigenvalue weighted by atomic mass is 10.1. The van der Waals surface area contributed by atoms with Gasteiger partial charge < -0.3 is 0 Å². The van der Waals surface area contributed by atoms with Crippen LogP contribution in [0.1, 0.15) is 18.9 Å². The second kappa shape index (κ2) is 4.79. The summed E-state index contributed by atoms with van der Waals surface area (Å²) >= 11 is 5.73. The molecule has 1 aromatic rings. The van der Waals surface area contributed by atoms with Crippen LogP contribution in [0.15, 0.2) is 29.7 Å². The van der Waals surface area contributed by atoms with Gasteiger partial charge in [0.2, 0.25) is 10.0 Å². The van der Waals surface area contributed by atoms with Gasteiger partial charge in [0.1, 0.15) is 0 Å². The quantitative estimate of drug-likeness (QED) is 0.889. The first-order chi connectivity index (χ1) is 6.92. The van der Waals surface area contributed by atoms with E-state index in [1.807, 2.05) is 6.92 Å². The van der Waals surface area contributed by atoms with Gasteiger partial charge in [-0.1, -0.05) is 30.7 Å². The largest absolute Gasteiger partial charge is 0.231 e. The van der Waals surface area contributed by atoms with Crippen molar-refractivity contribution in [3.63, 3.8) is 0 Å². The summed E-state index contributed by atoms with van der Waals surface area (Å²) in [7, 11) is -3.59. The van der Waals surface area contributed by atoms with Crippen LogP contribution in [0.2, 0.25) is 5.02 Å². The molecule has 0 amide bonds. The number of hydrogen-bond donors (Lipinski definition) is 1. The molecule has 1 aromatic carbocycles. The lowest BCUT2D eigenvalue weighted by molar-refractivity contribution is 0.606. The van der Waals surface area contributed by atoms with Crippen molar-refractivity contribution in [3.8, 4) is 0 Å². The van der Waals surface area contributed by atoms with E-state index in [1.165, 1.54) is 0 Å². The molecule has 5 heteroatoms. The van der Waals surface area contributed by atoms with Gasteiger partial charge in [0, 0.05) is 10.4 Å². The maximum absolute atomic E-state index is 10.9. The molecular formula is C10H12ClNO2S. The van der Waals surface area contributed by atoms with E-state index >= 15 is 0 Å². The first kappa shape index (κ1) is 12.2. The Hall–Kier alpha value is -0.840. The summed E-state index contributed by atoms with van der Waals surface area (Å²) in [6.07, 6.45) is 0.595. The number of primary sulfonamides is 1. The van der Waals surface area contributed by atoms with E-state index in [1.54, 1.807) is 24.3 Å². The minimum absolute atomic E-state index is 0.595. The average Bonchev–Trinajstić information content (AvgIpc) is 2.14. The fourth-order valence-electron chi connectivity index (χ4n) is 1.22. The predicted molar refractivity (Wildman–Crippen MR) is 62.8 cm³/mol. The first-order valence-corrected chi connectivity index (χ1v) is 6.40. The van der Waals surface area contributed by atoms with Gasteiger partial charge in [-0.05, 0) is 29.7 Å². The highest BCUT2D eigenvalue weighted by Crippen LogP contribution is 2.20. The van der Waals surface area contributed by atoms with Crippen LogP contribution in [0.25, 0.3) is 5.57 Å². The number of allylic oxidation sites excluding steroid dienone is 1. The van der Waals surface area contributed by atoms with Crippen molar-refractivity contribution in [2.24, 2.45) is 5.14 Å². The van der Waals surface area contributed by atoms with Gasteiger partial charge in [-0.3, -0.25) is 0 Å². The molecule has 0 aliphatic carbocycles. The number of halogens is 1. The molecule has 0 fully saturated rings.